The van der Waals surface area contributed by atoms with Crippen LogP contribution in [0.4, 0.5) is 0 Å². The number of nitrogens with one attached hydrogen (secondary N) is 1. The van der Waals surface area contributed by atoms with Crippen molar-refractivity contribution in [3.8, 4) is 0 Å². The van der Waals surface area contributed by atoms with E-state index >= 15 is 0 Å². The minimum atomic E-state index is -0.428. The number of hydrogen-bond acceptors (Lipinski definition) is 5. The number of nitrogens with zero attached hydrogens (tertiary/aromatic N) is 1. The molecule has 2 aromatic heterocycles. The van der Waals surface area contributed by atoms with E-state index in [4.69, 9.17) is 9.15 Å². The van der Waals surface area contributed by atoms with Crippen molar-refractivity contribution in [3.05, 3.63) is 46.5 Å². The van der Waals surface area contributed by atoms with Crippen molar-refractivity contribution >= 4 is 17.2 Å². The van der Waals surface area contributed by atoms with E-state index in [2.05, 4.69) is 16.3 Å². The SMILES string of the molecule is O=C(NCc1cccs1)[C@]12CCO[C@H]1CCN(Cc1ccco1)C2. The van der Waals surface area contributed by atoms with Crippen LogP contribution in [0.5, 0.6) is 0 Å². The monoisotopic (exact) mass is 346 g/mol. The van der Waals surface area contributed by atoms with Gasteiger partial charge in [-0.1, -0.05) is 6.07 Å². The Hall–Kier alpha value is -1.63. The standard InChI is InChI=1S/C18H22N2O3S/c21-17(19-11-15-4-2-10-24-15)18-6-9-23-16(18)5-7-20(13-18)12-14-3-1-8-22-14/h1-4,8,10,16H,5-7,9,11-13H2,(H,19,21)/t16-,18-/m0/s1. The number of ether oxygens (including phenoxy) is 1. The zero-order valence-electron chi connectivity index (χ0n) is 13.6. The van der Waals surface area contributed by atoms with E-state index in [-0.39, 0.29) is 12.0 Å². The zero-order chi connectivity index (χ0) is 16.4. The van der Waals surface area contributed by atoms with Gasteiger partial charge in [-0.15, -0.1) is 11.3 Å². The van der Waals surface area contributed by atoms with Gasteiger partial charge < -0.3 is 14.5 Å². The molecular formula is C18H22N2O3S. The topological polar surface area (TPSA) is 54.7 Å². The van der Waals surface area contributed by atoms with Crippen LogP contribution in [0.3, 0.4) is 0 Å². The van der Waals surface area contributed by atoms with Gasteiger partial charge >= 0.3 is 0 Å². The fourth-order valence-electron chi connectivity index (χ4n) is 3.87. The lowest BCUT2D eigenvalue weighted by molar-refractivity contribution is -0.139. The van der Waals surface area contributed by atoms with Crippen molar-refractivity contribution in [1.82, 2.24) is 10.2 Å². The first-order chi connectivity index (χ1) is 11.8. The van der Waals surface area contributed by atoms with Gasteiger partial charge in [0.2, 0.25) is 5.91 Å². The second-order valence-electron chi connectivity index (χ2n) is 6.61. The molecule has 0 unspecified atom stereocenters. The van der Waals surface area contributed by atoms with Crippen LogP contribution in [0.25, 0.3) is 0 Å². The largest absolute Gasteiger partial charge is 0.468 e. The van der Waals surface area contributed by atoms with Gasteiger partial charge in [-0.25, -0.2) is 0 Å². The third kappa shape index (κ3) is 3.01. The molecule has 2 aromatic rings. The van der Waals surface area contributed by atoms with Gasteiger partial charge in [-0.3, -0.25) is 9.69 Å². The summed E-state index contributed by atoms with van der Waals surface area (Å²) in [5, 5.41) is 5.17. The smallest absolute Gasteiger partial charge is 0.230 e. The highest BCUT2D eigenvalue weighted by Crippen LogP contribution is 2.41. The molecule has 2 aliphatic rings. The predicted octanol–water partition coefficient (Wildman–Crippen LogP) is 2.64. The number of carbonyl (C=O) groups is 1. The Bertz CT molecular complexity index is 671. The van der Waals surface area contributed by atoms with Crippen molar-refractivity contribution in [2.45, 2.75) is 32.0 Å². The lowest BCUT2D eigenvalue weighted by Gasteiger charge is -2.42. The lowest BCUT2D eigenvalue weighted by Crippen LogP contribution is -2.56. The molecule has 0 aliphatic carbocycles. The number of carbonyl (C=O) groups excluding carboxylic acids is 1. The molecule has 1 amide bonds. The average molecular weight is 346 g/mol. The van der Waals surface area contributed by atoms with Crippen molar-refractivity contribution in [2.24, 2.45) is 5.41 Å². The summed E-state index contributed by atoms with van der Waals surface area (Å²) < 4.78 is 11.4. The highest BCUT2D eigenvalue weighted by Gasteiger charge is 2.53. The summed E-state index contributed by atoms with van der Waals surface area (Å²) in [6.07, 6.45) is 3.42. The highest BCUT2D eigenvalue weighted by atomic mass is 32.1. The van der Waals surface area contributed by atoms with Crippen molar-refractivity contribution in [2.75, 3.05) is 19.7 Å². The minimum Gasteiger partial charge on any atom is -0.468 e. The fourth-order valence-corrected chi connectivity index (χ4v) is 4.51. The van der Waals surface area contributed by atoms with Gasteiger partial charge in [0.25, 0.3) is 0 Å². The minimum absolute atomic E-state index is 0.0358. The summed E-state index contributed by atoms with van der Waals surface area (Å²) in [6.45, 7) is 3.69. The first kappa shape index (κ1) is 15.9. The molecule has 24 heavy (non-hydrogen) atoms. The van der Waals surface area contributed by atoms with Gasteiger partial charge in [0.1, 0.15) is 5.76 Å². The summed E-state index contributed by atoms with van der Waals surface area (Å²) in [6, 6.07) is 7.96. The molecule has 5 nitrogen and oxygen atoms in total. The Morgan fingerprint density at radius 3 is 3.17 bits per heavy atom. The summed E-state index contributed by atoms with van der Waals surface area (Å²) >= 11 is 1.67. The summed E-state index contributed by atoms with van der Waals surface area (Å²) in [4.78, 5) is 16.5. The number of piperidine rings is 1. The van der Waals surface area contributed by atoms with Crippen LogP contribution in [0.2, 0.25) is 0 Å². The van der Waals surface area contributed by atoms with Crippen LogP contribution in [0.1, 0.15) is 23.5 Å². The summed E-state index contributed by atoms with van der Waals surface area (Å²) in [5.74, 6) is 1.07. The quantitative estimate of drug-likeness (QED) is 0.904. The Balaban J connectivity index is 1.45. The second kappa shape index (κ2) is 6.70. The van der Waals surface area contributed by atoms with Crippen LogP contribution in [0, 0.1) is 5.41 Å². The third-order valence-electron chi connectivity index (χ3n) is 5.11. The molecular weight excluding hydrogens is 324 g/mol. The van der Waals surface area contributed by atoms with Crippen molar-refractivity contribution in [3.63, 3.8) is 0 Å². The Kier molecular flexibility index (Phi) is 4.43. The Morgan fingerprint density at radius 2 is 2.38 bits per heavy atom. The van der Waals surface area contributed by atoms with Gasteiger partial charge in [-0.2, -0.15) is 0 Å². The molecule has 0 radical (unpaired) electrons. The van der Waals surface area contributed by atoms with E-state index in [1.54, 1.807) is 17.6 Å². The predicted molar refractivity (Wildman–Crippen MR) is 91.6 cm³/mol. The van der Waals surface area contributed by atoms with E-state index in [9.17, 15) is 4.79 Å². The summed E-state index contributed by atoms with van der Waals surface area (Å²) in [5.41, 5.74) is -0.428. The molecule has 0 bridgehead atoms. The van der Waals surface area contributed by atoms with Crippen molar-refractivity contribution in [1.29, 1.82) is 0 Å². The normalized spacial score (nSPS) is 27.1. The average Bonchev–Trinajstić information content (AvgIpc) is 3.33. The number of furan rings is 1. The fraction of sp³-hybridized carbons (Fsp3) is 0.500. The molecule has 4 rings (SSSR count). The number of amides is 1. The number of thiophene rings is 1. The Labute approximate surface area is 145 Å². The molecule has 4 heterocycles. The molecule has 0 saturated carbocycles. The number of hydrogen-bond donors (Lipinski definition) is 1. The molecule has 0 aromatic carbocycles. The van der Waals surface area contributed by atoms with Crippen LogP contribution in [-0.2, 0) is 22.6 Å². The van der Waals surface area contributed by atoms with Crippen LogP contribution < -0.4 is 5.32 Å². The lowest BCUT2D eigenvalue weighted by atomic mass is 9.75. The molecule has 2 saturated heterocycles. The number of rotatable bonds is 5. The van der Waals surface area contributed by atoms with E-state index < -0.39 is 5.41 Å². The molecule has 2 fully saturated rings. The van der Waals surface area contributed by atoms with Gasteiger partial charge in [0, 0.05) is 24.6 Å². The molecule has 2 aliphatic heterocycles. The van der Waals surface area contributed by atoms with Crippen LogP contribution in [-0.4, -0.2) is 36.6 Å². The molecule has 2 atom stereocenters. The number of fused-ring (bicyclic) bond motifs is 1. The van der Waals surface area contributed by atoms with Crippen LogP contribution in [0.15, 0.2) is 40.3 Å². The molecule has 128 valence electrons. The third-order valence-corrected chi connectivity index (χ3v) is 5.99. The van der Waals surface area contributed by atoms with E-state index in [1.165, 1.54) is 4.88 Å². The van der Waals surface area contributed by atoms with Gasteiger partial charge in [0.15, 0.2) is 0 Å². The van der Waals surface area contributed by atoms with E-state index in [0.717, 1.165) is 38.2 Å². The molecule has 0 spiro atoms. The van der Waals surface area contributed by atoms with Crippen LogP contribution >= 0.6 is 11.3 Å². The second-order valence-corrected chi connectivity index (χ2v) is 7.64. The molecule has 1 N–H and O–H groups in total. The summed E-state index contributed by atoms with van der Waals surface area (Å²) in [7, 11) is 0. The highest BCUT2D eigenvalue weighted by molar-refractivity contribution is 7.09. The van der Waals surface area contributed by atoms with Gasteiger partial charge in [0.05, 0.1) is 30.9 Å². The molecule has 6 heteroatoms. The number of likely N-dealkylation sites (tertiary alicyclic amines) is 1. The van der Waals surface area contributed by atoms with Crippen molar-refractivity contribution < 1.29 is 13.9 Å². The van der Waals surface area contributed by atoms with E-state index in [0.29, 0.717) is 13.2 Å². The van der Waals surface area contributed by atoms with Gasteiger partial charge in [-0.05, 0) is 36.4 Å². The maximum Gasteiger partial charge on any atom is 0.230 e. The Morgan fingerprint density at radius 1 is 1.42 bits per heavy atom. The first-order valence-corrected chi connectivity index (χ1v) is 9.31. The maximum absolute atomic E-state index is 13.0. The first-order valence-electron chi connectivity index (χ1n) is 8.43. The zero-order valence-corrected chi connectivity index (χ0v) is 14.4. The maximum atomic E-state index is 13.0. The van der Waals surface area contributed by atoms with E-state index in [1.807, 2.05) is 23.6 Å².